The zero-order chi connectivity index (χ0) is 14.6. The van der Waals surface area contributed by atoms with Crippen LogP contribution in [0.15, 0.2) is 23.2 Å². The van der Waals surface area contributed by atoms with Crippen LogP contribution in [0.25, 0.3) is 0 Å². The highest BCUT2D eigenvalue weighted by Gasteiger charge is 2.18. The van der Waals surface area contributed by atoms with Crippen LogP contribution in [0.4, 0.5) is 5.82 Å². The minimum absolute atomic E-state index is 0.0187. The number of nitrogens with zero attached hydrogens (tertiary/aromatic N) is 2. The van der Waals surface area contributed by atoms with Gasteiger partial charge < -0.3 is 10.2 Å². The summed E-state index contributed by atoms with van der Waals surface area (Å²) in [7, 11) is -3.36. The van der Waals surface area contributed by atoms with Crippen LogP contribution in [-0.2, 0) is 14.6 Å². The molecule has 110 valence electrons. The second-order valence-electron chi connectivity index (χ2n) is 4.92. The van der Waals surface area contributed by atoms with Gasteiger partial charge in [-0.3, -0.25) is 4.79 Å². The van der Waals surface area contributed by atoms with E-state index in [-0.39, 0.29) is 23.2 Å². The van der Waals surface area contributed by atoms with Crippen molar-refractivity contribution < 1.29 is 13.2 Å². The van der Waals surface area contributed by atoms with E-state index in [2.05, 4.69) is 10.3 Å². The molecule has 0 aromatic carbocycles. The van der Waals surface area contributed by atoms with Crippen LogP contribution in [0.1, 0.15) is 19.3 Å². The smallest absolute Gasteiger partial charge is 0.241 e. The van der Waals surface area contributed by atoms with Crippen molar-refractivity contribution in [2.45, 2.75) is 24.2 Å². The number of likely N-dealkylation sites (tertiary alicyclic amines) is 1. The largest absolute Gasteiger partial charge is 0.360 e. The zero-order valence-electron chi connectivity index (χ0n) is 11.5. The molecule has 0 atom stereocenters. The van der Waals surface area contributed by atoms with Crippen molar-refractivity contribution in [3.05, 3.63) is 18.3 Å². The molecule has 1 aromatic heterocycles. The fourth-order valence-electron chi connectivity index (χ4n) is 2.24. The van der Waals surface area contributed by atoms with Crippen LogP contribution in [0.3, 0.4) is 0 Å². The third kappa shape index (κ3) is 3.69. The predicted molar refractivity (Wildman–Crippen MR) is 76.3 cm³/mol. The molecule has 1 saturated heterocycles. The summed E-state index contributed by atoms with van der Waals surface area (Å²) in [4.78, 5) is 17.9. The van der Waals surface area contributed by atoms with Gasteiger partial charge in [-0.1, -0.05) is 0 Å². The Morgan fingerprint density at radius 3 is 2.70 bits per heavy atom. The van der Waals surface area contributed by atoms with E-state index >= 15 is 0 Å². The molecular formula is C13H19N3O3S. The highest BCUT2D eigenvalue weighted by atomic mass is 32.2. The van der Waals surface area contributed by atoms with Crippen LogP contribution in [0.2, 0.25) is 0 Å². The maximum atomic E-state index is 12.0. The van der Waals surface area contributed by atoms with Crippen molar-refractivity contribution in [3.63, 3.8) is 0 Å². The van der Waals surface area contributed by atoms with E-state index in [1.165, 1.54) is 12.3 Å². The first-order valence-corrected chi connectivity index (χ1v) is 8.54. The Morgan fingerprint density at radius 1 is 1.35 bits per heavy atom. The van der Waals surface area contributed by atoms with E-state index in [0.29, 0.717) is 0 Å². The summed E-state index contributed by atoms with van der Waals surface area (Å²) in [6, 6.07) is 3.05. The highest BCUT2D eigenvalue weighted by molar-refractivity contribution is 7.90. The lowest BCUT2D eigenvalue weighted by atomic mass is 10.1. The fraction of sp³-hybridized carbons (Fsp3) is 0.538. The number of carbonyl (C=O) groups is 1. The van der Waals surface area contributed by atoms with Crippen molar-refractivity contribution in [2.75, 3.05) is 31.2 Å². The monoisotopic (exact) mass is 297 g/mol. The Labute approximate surface area is 119 Å². The Balaban J connectivity index is 2.02. The lowest BCUT2D eigenvalue weighted by Crippen LogP contribution is -2.39. The number of hydrogen-bond acceptors (Lipinski definition) is 5. The molecule has 1 aliphatic rings. The van der Waals surface area contributed by atoms with Gasteiger partial charge >= 0.3 is 0 Å². The van der Waals surface area contributed by atoms with E-state index in [0.717, 1.165) is 38.6 Å². The Bertz CT molecular complexity index is 580. The summed E-state index contributed by atoms with van der Waals surface area (Å²) >= 11 is 0. The summed E-state index contributed by atoms with van der Waals surface area (Å²) in [5, 5.41) is 2.84. The average Bonchev–Trinajstić information content (AvgIpc) is 2.45. The minimum atomic E-state index is -3.36. The number of carbonyl (C=O) groups excluding carboxylic acids is 1. The molecule has 7 heteroatoms. The van der Waals surface area contributed by atoms with Gasteiger partial charge in [0.05, 0.1) is 6.54 Å². The van der Waals surface area contributed by atoms with Crippen molar-refractivity contribution >= 4 is 21.6 Å². The molecule has 1 aromatic rings. The summed E-state index contributed by atoms with van der Waals surface area (Å²) in [5.74, 6) is 0.218. The van der Waals surface area contributed by atoms with E-state index < -0.39 is 9.84 Å². The van der Waals surface area contributed by atoms with Gasteiger partial charge in [0.1, 0.15) is 10.7 Å². The molecular weight excluding hydrogens is 278 g/mol. The molecule has 0 bridgehead atoms. The van der Waals surface area contributed by atoms with Crippen molar-refractivity contribution in [2.24, 2.45) is 0 Å². The first-order valence-electron chi connectivity index (χ1n) is 6.65. The molecule has 0 spiro atoms. The summed E-state index contributed by atoms with van der Waals surface area (Å²) in [6.45, 7) is 1.63. The second-order valence-corrected chi connectivity index (χ2v) is 6.90. The molecule has 0 unspecified atom stereocenters. The van der Waals surface area contributed by atoms with Gasteiger partial charge in [-0.2, -0.15) is 0 Å². The number of piperidine rings is 1. The molecule has 1 N–H and O–H groups in total. The maximum absolute atomic E-state index is 12.0. The molecule has 1 aliphatic heterocycles. The molecule has 0 aliphatic carbocycles. The molecule has 6 nitrogen and oxygen atoms in total. The number of amides is 1. The summed E-state index contributed by atoms with van der Waals surface area (Å²) in [5.41, 5.74) is 0. The number of aromatic nitrogens is 1. The maximum Gasteiger partial charge on any atom is 0.241 e. The van der Waals surface area contributed by atoms with Gasteiger partial charge in [0.15, 0.2) is 9.84 Å². The fourth-order valence-corrected chi connectivity index (χ4v) is 3.04. The lowest BCUT2D eigenvalue weighted by Gasteiger charge is -2.26. The molecule has 20 heavy (non-hydrogen) atoms. The number of anilines is 1. The minimum Gasteiger partial charge on any atom is -0.360 e. The van der Waals surface area contributed by atoms with Gasteiger partial charge in [0.25, 0.3) is 0 Å². The van der Waals surface area contributed by atoms with Crippen LogP contribution >= 0.6 is 0 Å². The SMILES string of the molecule is CS(=O)(=O)c1cccnc1NCC(=O)N1CCCCC1. The number of nitrogens with one attached hydrogen (secondary N) is 1. The van der Waals surface area contributed by atoms with E-state index in [4.69, 9.17) is 0 Å². The molecule has 1 amide bonds. The Hall–Kier alpha value is -1.63. The van der Waals surface area contributed by atoms with Crippen molar-refractivity contribution in [1.29, 1.82) is 0 Å². The van der Waals surface area contributed by atoms with Gasteiger partial charge in [0, 0.05) is 25.5 Å². The third-order valence-corrected chi connectivity index (χ3v) is 4.41. The Kier molecular flexibility index (Phi) is 4.59. The van der Waals surface area contributed by atoms with E-state index in [1.54, 1.807) is 11.0 Å². The van der Waals surface area contributed by atoms with Gasteiger partial charge in [-0.05, 0) is 31.4 Å². The van der Waals surface area contributed by atoms with Crippen molar-refractivity contribution in [1.82, 2.24) is 9.88 Å². The second kappa shape index (κ2) is 6.21. The van der Waals surface area contributed by atoms with Gasteiger partial charge in [-0.25, -0.2) is 13.4 Å². The van der Waals surface area contributed by atoms with Crippen LogP contribution in [-0.4, -0.2) is 50.1 Å². The third-order valence-electron chi connectivity index (χ3n) is 3.29. The molecule has 0 radical (unpaired) electrons. The first-order chi connectivity index (χ1) is 9.48. The number of pyridine rings is 1. The van der Waals surface area contributed by atoms with Gasteiger partial charge in [-0.15, -0.1) is 0 Å². The zero-order valence-corrected chi connectivity index (χ0v) is 12.3. The summed E-state index contributed by atoms with van der Waals surface area (Å²) in [6.07, 6.45) is 5.85. The predicted octanol–water partition coefficient (Wildman–Crippen LogP) is 0.909. The van der Waals surface area contributed by atoms with Crippen LogP contribution in [0.5, 0.6) is 0 Å². The topological polar surface area (TPSA) is 79.4 Å². The lowest BCUT2D eigenvalue weighted by molar-refractivity contribution is -0.130. The number of sulfone groups is 1. The quantitative estimate of drug-likeness (QED) is 0.893. The van der Waals surface area contributed by atoms with Crippen molar-refractivity contribution in [3.8, 4) is 0 Å². The van der Waals surface area contributed by atoms with Gasteiger partial charge in [0.2, 0.25) is 5.91 Å². The summed E-state index contributed by atoms with van der Waals surface area (Å²) < 4.78 is 23.2. The highest BCUT2D eigenvalue weighted by Crippen LogP contribution is 2.17. The molecule has 0 saturated carbocycles. The van der Waals surface area contributed by atoms with Crippen LogP contribution < -0.4 is 5.32 Å². The van der Waals surface area contributed by atoms with E-state index in [1.807, 2.05) is 0 Å². The normalized spacial score (nSPS) is 15.9. The standard InChI is InChI=1S/C13H19N3O3S/c1-20(18,19)11-6-5-7-14-13(11)15-10-12(17)16-8-3-2-4-9-16/h5-7H,2-4,8-10H2,1H3,(H,14,15). The van der Waals surface area contributed by atoms with E-state index in [9.17, 15) is 13.2 Å². The Morgan fingerprint density at radius 2 is 2.05 bits per heavy atom. The number of hydrogen-bond donors (Lipinski definition) is 1. The molecule has 2 heterocycles. The van der Waals surface area contributed by atoms with Crippen LogP contribution in [0, 0.1) is 0 Å². The first kappa shape index (κ1) is 14.8. The molecule has 2 rings (SSSR count). The molecule has 1 fully saturated rings. The average molecular weight is 297 g/mol. The number of rotatable bonds is 4.